The van der Waals surface area contributed by atoms with Gasteiger partial charge in [0.25, 0.3) is 5.91 Å². The van der Waals surface area contributed by atoms with Crippen molar-refractivity contribution in [2.75, 3.05) is 6.54 Å². The summed E-state index contributed by atoms with van der Waals surface area (Å²) in [7, 11) is -4.69. The van der Waals surface area contributed by atoms with Crippen LogP contribution in [-0.4, -0.2) is 31.7 Å². The second-order valence-corrected chi connectivity index (χ2v) is 6.49. The van der Waals surface area contributed by atoms with E-state index in [1.165, 1.54) is 6.26 Å². The van der Waals surface area contributed by atoms with Gasteiger partial charge in [-0.25, -0.2) is 8.42 Å². The van der Waals surface area contributed by atoms with Crippen LogP contribution < -0.4 is 5.32 Å². The van der Waals surface area contributed by atoms with Gasteiger partial charge >= 0.3 is 5.76 Å². The number of aliphatic hydroxyl groups excluding tert-OH is 1. The number of halogens is 2. The highest BCUT2D eigenvalue weighted by atomic mass is 32.2. The maximum atomic E-state index is 12.4. The number of furan rings is 1. The lowest BCUT2D eigenvalue weighted by molar-refractivity contribution is 0.0901. The zero-order valence-corrected chi connectivity index (χ0v) is 12.5. The second-order valence-electron chi connectivity index (χ2n) is 4.57. The van der Waals surface area contributed by atoms with Gasteiger partial charge in [0.15, 0.2) is 0 Å². The average Bonchev–Trinajstić information content (AvgIpc) is 3.06. The SMILES string of the molecule is O=C(NC[C@H](O)c1ccco1)c1ccc(S(=O)(=O)C(F)F)cc1. The van der Waals surface area contributed by atoms with Crippen LogP contribution in [0.15, 0.2) is 52.0 Å². The lowest BCUT2D eigenvalue weighted by atomic mass is 10.2. The first-order valence-corrected chi connectivity index (χ1v) is 7.99. The van der Waals surface area contributed by atoms with Crippen molar-refractivity contribution in [2.24, 2.45) is 0 Å². The molecule has 0 radical (unpaired) electrons. The van der Waals surface area contributed by atoms with E-state index < -0.39 is 32.5 Å². The zero-order chi connectivity index (χ0) is 17.0. The third kappa shape index (κ3) is 3.93. The van der Waals surface area contributed by atoms with E-state index in [-0.39, 0.29) is 17.9 Å². The Bertz CT molecular complexity index is 757. The minimum atomic E-state index is -4.69. The predicted molar refractivity (Wildman–Crippen MR) is 75.6 cm³/mol. The molecule has 124 valence electrons. The minimum Gasteiger partial charge on any atom is -0.467 e. The van der Waals surface area contributed by atoms with Crippen LogP contribution in [0.2, 0.25) is 0 Å². The summed E-state index contributed by atoms with van der Waals surface area (Å²) >= 11 is 0. The highest BCUT2D eigenvalue weighted by Crippen LogP contribution is 2.18. The van der Waals surface area contributed by atoms with Gasteiger partial charge in [-0.2, -0.15) is 8.78 Å². The lowest BCUT2D eigenvalue weighted by Gasteiger charge is -2.10. The Labute approximate surface area is 130 Å². The summed E-state index contributed by atoms with van der Waals surface area (Å²) in [5, 5.41) is 12.2. The molecule has 1 amide bonds. The molecule has 1 heterocycles. The van der Waals surface area contributed by atoms with Crippen molar-refractivity contribution in [3.63, 3.8) is 0 Å². The molecule has 0 spiro atoms. The fourth-order valence-electron chi connectivity index (χ4n) is 1.77. The molecule has 9 heteroatoms. The molecular weight excluding hydrogens is 332 g/mol. The van der Waals surface area contributed by atoms with Gasteiger partial charge in [0.05, 0.1) is 17.7 Å². The Morgan fingerprint density at radius 3 is 2.39 bits per heavy atom. The number of hydrogen-bond acceptors (Lipinski definition) is 5. The van der Waals surface area contributed by atoms with Gasteiger partial charge in [0.2, 0.25) is 9.84 Å². The minimum absolute atomic E-state index is 0.0739. The van der Waals surface area contributed by atoms with Crippen molar-refractivity contribution in [1.82, 2.24) is 5.32 Å². The first-order valence-electron chi connectivity index (χ1n) is 6.44. The number of hydrogen-bond donors (Lipinski definition) is 2. The summed E-state index contributed by atoms with van der Waals surface area (Å²) in [4.78, 5) is 11.3. The summed E-state index contributed by atoms with van der Waals surface area (Å²) < 4.78 is 52.3. The number of sulfone groups is 1. The van der Waals surface area contributed by atoms with Gasteiger partial charge in [-0.1, -0.05) is 0 Å². The third-order valence-electron chi connectivity index (χ3n) is 3.01. The van der Waals surface area contributed by atoms with Gasteiger partial charge < -0.3 is 14.8 Å². The van der Waals surface area contributed by atoms with Crippen LogP contribution in [-0.2, 0) is 9.84 Å². The van der Waals surface area contributed by atoms with Crippen molar-refractivity contribution in [2.45, 2.75) is 16.8 Å². The summed E-state index contributed by atoms with van der Waals surface area (Å²) in [6.45, 7) is -0.122. The average molecular weight is 345 g/mol. The van der Waals surface area contributed by atoms with Crippen molar-refractivity contribution >= 4 is 15.7 Å². The van der Waals surface area contributed by atoms with Crippen molar-refractivity contribution < 1.29 is 31.5 Å². The molecule has 0 saturated carbocycles. The smallest absolute Gasteiger partial charge is 0.341 e. The van der Waals surface area contributed by atoms with Gasteiger partial charge in [0, 0.05) is 5.56 Å². The summed E-state index contributed by atoms with van der Waals surface area (Å²) in [5.41, 5.74) is 0.0739. The summed E-state index contributed by atoms with van der Waals surface area (Å²) in [5.74, 6) is -3.83. The van der Waals surface area contributed by atoms with E-state index >= 15 is 0 Å². The number of nitrogens with one attached hydrogen (secondary N) is 1. The molecule has 0 unspecified atom stereocenters. The molecular formula is C14H13F2NO5S. The number of carbonyl (C=O) groups excluding carboxylic acids is 1. The summed E-state index contributed by atoms with van der Waals surface area (Å²) in [6, 6.07) is 7.22. The van der Waals surface area contributed by atoms with E-state index in [2.05, 4.69) is 5.32 Å². The Morgan fingerprint density at radius 1 is 1.22 bits per heavy atom. The Hall–Kier alpha value is -2.26. The highest BCUT2D eigenvalue weighted by molar-refractivity contribution is 7.91. The van der Waals surface area contributed by atoms with Crippen molar-refractivity contribution in [1.29, 1.82) is 0 Å². The fourth-order valence-corrected chi connectivity index (χ4v) is 2.49. The molecule has 1 aromatic heterocycles. The number of carbonyl (C=O) groups is 1. The highest BCUT2D eigenvalue weighted by Gasteiger charge is 2.26. The number of rotatable bonds is 6. The molecule has 2 N–H and O–H groups in total. The molecule has 2 aromatic rings. The van der Waals surface area contributed by atoms with Crippen LogP contribution in [0.1, 0.15) is 22.2 Å². The topological polar surface area (TPSA) is 96.6 Å². The Balaban J connectivity index is 2.01. The van der Waals surface area contributed by atoms with Gasteiger partial charge in [0.1, 0.15) is 11.9 Å². The Kier molecular flexibility index (Phi) is 5.12. The molecule has 0 saturated heterocycles. The molecule has 1 aromatic carbocycles. The molecule has 2 rings (SSSR count). The van der Waals surface area contributed by atoms with E-state index in [1.807, 2.05) is 0 Å². The zero-order valence-electron chi connectivity index (χ0n) is 11.6. The molecule has 6 nitrogen and oxygen atoms in total. The third-order valence-corrected chi connectivity index (χ3v) is 4.41. The normalized spacial score (nSPS) is 13.0. The number of aliphatic hydroxyl groups is 1. The van der Waals surface area contributed by atoms with Crippen molar-refractivity contribution in [3.05, 3.63) is 54.0 Å². The molecule has 1 atom stereocenters. The van der Waals surface area contributed by atoms with E-state index in [4.69, 9.17) is 4.42 Å². The maximum Gasteiger partial charge on any atom is 0.341 e. The quantitative estimate of drug-likeness (QED) is 0.831. The Morgan fingerprint density at radius 2 is 1.87 bits per heavy atom. The van der Waals surface area contributed by atoms with Crippen LogP contribution in [0.3, 0.4) is 0 Å². The van der Waals surface area contributed by atoms with Crippen LogP contribution >= 0.6 is 0 Å². The molecule has 23 heavy (non-hydrogen) atoms. The molecule has 0 aliphatic heterocycles. The van der Waals surface area contributed by atoms with Crippen LogP contribution in [0, 0.1) is 0 Å². The lowest BCUT2D eigenvalue weighted by Crippen LogP contribution is -2.28. The standard InChI is InChI=1S/C14H13F2NO5S/c15-14(16)23(20,21)10-5-3-9(4-6-10)13(19)17-8-11(18)12-2-1-7-22-12/h1-7,11,14,18H,8H2,(H,17,19)/t11-/m0/s1. The van der Waals surface area contributed by atoms with Crippen LogP contribution in [0.25, 0.3) is 0 Å². The van der Waals surface area contributed by atoms with Crippen LogP contribution in [0.5, 0.6) is 0 Å². The van der Waals surface area contributed by atoms with Gasteiger partial charge in [-0.05, 0) is 36.4 Å². The van der Waals surface area contributed by atoms with Gasteiger partial charge in [-0.15, -0.1) is 0 Å². The van der Waals surface area contributed by atoms with Gasteiger partial charge in [-0.3, -0.25) is 4.79 Å². The van der Waals surface area contributed by atoms with E-state index in [0.29, 0.717) is 0 Å². The molecule has 0 aliphatic carbocycles. The monoisotopic (exact) mass is 345 g/mol. The summed E-state index contributed by atoms with van der Waals surface area (Å²) in [6.07, 6.45) is 0.343. The fraction of sp³-hybridized carbons (Fsp3) is 0.214. The predicted octanol–water partition coefficient (Wildman–Crippen LogP) is 1.74. The number of alkyl halides is 2. The van der Waals surface area contributed by atoms with E-state index in [1.54, 1.807) is 12.1 Å². The first kappa shape index (κ1) is 17.1. The molecule has 0 aliphatic rings. The van der Waals surface area contributed by atoms with E-state index in [9.17, 15) is 27.1 Å². The molecule has 0 bridgehead atoms. The number of benzene rings is 1. The largest absolute Gasteiger partial charge is 0.467 e. The molecule has 0 fully saturated rings. The van der Waals surface area contributed by atoms with Crippen LogP contribution in [0.4, 0.5) is 8.78 Å². The maximum absolute atomic E-state index is 12.4. The number of amides is 1. The van der Waals surface area contributed by atoms with Crippen molar-refractivity contribution in [3.8, 4) is 0 Å². The second kappa shape index (κ2) is 6.88. The first-order chi connectivity index (χ1) is 10.8. The van der Waals surface area contributed by atoms with E-state index in [0.717, 1.165) is 24.3 Å².